The Bertz CT molecular complexity index is 738. The molecule has 4 nitrogen and oxygen atoms in total. The van der Waals surface area contributed by atoms with E-state index in [-0.39, 0.29) is 10.9 Å². The molecule has 0 aliphatic carbocycles. The zero-order chi connectivity index (χ0) is 16.7. The van der Waals surface area contributed by atoms with E-state index in [1.54, 1.807) is 0 Å². The number of carboxylic acids is 1. The Morgan fingerprint density at radius 3 is 2.23 bits per heavy atom. The number of hydrogen-bond donors (Lipinski definition) is 1. The number of halogens is 6. The summed E-state index contributed by atoms with van der Waals surface area (Å²) in [5, 5.41) is 8.56. The quantitative estimate of drug-likeness (QED) is 0.852. The first kappa shape index (κ1) is 15.9. The van der Waals surface area contributed by atoms with Crippen molar-refractivity contribution in [1.82, 2.24) is 4.98 Å². The van der Waals surface area contributed by atoms with Crippen LogP contribution in [0.2, 0.25) is 0 Å². The zero-order valence-corrected chi connectivity index (χ0v) is 10.3. The van der Waals surface area contributed by atoms with Gasteiger partial charge in [-0.2, -0.15) is 13.2 Å². The number of rotatable bonds is 2. The molecule has 0 radical (unpaired) electrons. The highest BCUT2D eigenvalue weighted by atomic mass is 19.4. The highest BCUT2D eigenvalue weighted by Crippen LogP contribution is 2.33. The third kappa shape index (κ3) is 3.38. The number of benzene rings is 1. The lowest BCUT2D eigenvalue weighted by Crippen LogP contribution is -2.17. The minimum absolute atomic E-state index is 0.229. The van der Waals surface area contributed by atoms with E-state index in [1.807, 2.05) is 0 Å². The normalized spacial score (nSPS) is 12.5. The van der Waals surface area contributed by atoms with Crippen LogP contribution >= 0.6 is 0 Å². The van der Waals surface area contributed by atoms with Gasteiger partial charge in [-0.15, -0.1) is 13.2 Å². The van der Waals surface area contributed by atoms with E-state index in [9.17, 15) is 31.1 Å². The van der Waals surface area contributed by atoms with Crippen LogP contribution in [0.3, 0.4) is 0 Å². The maximum atomic E-state index is 12.7. The number of ether oxygens (including phenoxy) is 1. The third-order valence-corrected chi connectivity index (χ3v) is 2.52. The van der Waals surface area contributed by atoms with E-state index < -0.39 is 35.5 Å². The first-order valence-corrected chi connectivity index (χ1v) is 5.48. The average molecular weight is 325 g/mol. The molecule has 1 N–H and O–H groups in total. The molecule has 0 saturated heterocycles. The molecule has 0 bridgehead atoms. The van der Waals surface area contributed by atoms with Crippen LogP contribution in [0.15, 0.2) is 24.3 Å². The monoisotopic (exact) mass is 325 g/mol. The van der Waals surface area contributed by atoms with Crippen molar-refractivity contribution in [2.24, 2.45) is 0 Å². The Hall–Kier alpha value is -2.52. The Kier molecular flexibility index (Phi) is 3.63. The van der Waals surface area contributed by atoms with Gasteiger partial charge in [0.15, 0.2) is 5.69 Å². The molecule has 2 aromatic rings. The summed E-state index contributed by atoms with van der Waals surface area (Å²) in [5.74, 6) is -2.60. The number of pyridine rings is 1. The molecule has 22 heavy (non-hydrogen) atoms. The zero-order valence-electron chi connectivity index (χ0n) is 10.3. The lowest BCUT2D eigenvalue weighted by Gasteiger charge is -2.12. The van der Waals surface area contributed by atoms with Gasteiger partial charge in [0.1, 0.15) is 5.75 Å². The Morgan fingerprint density at radius 2 is 1.73 bits per heavy atom. The van der Waals surface area contributed by atoms with Crippen molar-refractivity contribution >= 4 is 16.9 Å². The number of fused-ring (bicyclic) bond motifs is 1. The van der Waals surface area contributed by atoms with Crippen molar-refractivity contribution in [2.75, 3.05) is 0 Å². The number of nitrogens with zero attached hydrogens (tertiary/aromatic N) is 1. The first-order chi connectivity index (χ1) is 9.97. The second-order valence-electron chi connectivity index (χ2n) is 4.09. The van der Waals surface area contributed by atoms with Crippen molar-refractivity contribution in [1.29, 1.82) is 0 Å². The van der Waals surface area contributed by atoms with Crippen LogP contribution in [-0.4, -0.2) is 22.4 Å². The van der Waals surface area contributed by atoms with Gasteiger partial charge in [0.25, 0.3) is 0 Å². The maximum absolute atomic E-state index is 12.7. The van der Waals surface area contributed by atoms with Gasteiger partial charge in [-0.25, -0.2) is 9.78 Å². The van der Waals surface area contributed by atoms with Crippen LogP contribution in [0, 0.1) is 0 Å². The largest absolute Gasteiger partial charge is 0.573 e. The molecule has 1 aromatic carbocycles. The Labute approximate surface area is 117 Å². The number of hydrogen-bond acceptors (Lipinski definition) is 3. The highest BCUT2D eigenvalue weighted by molar-refractivity contribution is 5.94. The van der Waals surface area contributed by atoms with E-state index in [2.05, 4.69) is 9.72 Å². The van der Waals surface area contributed by atoms with Gasteiger partial charge < -0.3 is 9.84 Å². The smallest absolute Gasteiger partial charge is 0.478 e. The van der Waals surface area contributed by atoms with Crippen molar-refractivity contribution in [3.05, 3.63) is 35.5 Å². The molecule has 0 spiro atoms. The lowest BCUT2D eigenvalue weighted by atomic mass is 10.1. The van der Waals surface area contributed by atoms with Gasteiger partial charge in [0.2, 0.25) is 0 Å². The number of carboxylic acid groups (broad SMARTS) is 1. The van der Waals surface area contributed by atoms with E-state index in [0.29, 0.717) is 6.07 Å². The average Bonchev–Trinajstić information content (AvgIpc) is 2.33. The maximum Gasteiger partial charge on any atom is 0.573 e. The highest BCUT2D eigenvalue weighted by Gasteiger charge is 2.38. The second-order valence-corrected chi connectivity index (χ2v) is 4.09. The van der Waals surface area contributed by atoms with Gasteiger partial charge in [-0.1, -0.05) is 0 Å². The van der Waals surface area contributed by atoms with Crippen molar-refractivity contribution in [2.45, 2.75) is 12.5 Å². The van der Waals surface area contributed by atoms with Crippen LogP contribution in [0.5, 0.6) is 5.75 Å². The van der Waals surface area contributed by atoms with Crippen LogP contribution in [0.4, 0.5) is 26.3 Å². The summed E-state index contributed by atoms with van der Waals surface area (Å²) in [6.45, 7) is 0. The van der Waals surface area contributed by atoms with Gasteiger partial charge in [0.05, 0.1) is 11.1 Å². The molecular weight excluding hydrogens is 320 g/mol. The minimum Gasteiger partial charge on any atom is -0.478 e. The fourth-order valence-electron chi connectivity index (χ4n) is 1.73. The van der Waals surface area contributed by atoms with Gasteiger partial charge in [-0.3, -0.25) is 0 Å². The molecule has 0 amide bonds. The summed E-state index contributed by atoms with van der Waals surface area (Å²) in [4.78, 5) is 14.0. The Balaban J connectivity index is 2.62. The fourth-order valence-corrected chi connectivity index (χ4v) is 1.73. The summed E-state index contributed by atoms with van der Waals surface area (Å²) in [5.41, 5.74) is -3.10. The van der Waals surface area contributed by atoms with Crippen molar-refractivity contribution in [3.8, 4) is 5.75 Å². The van der Waals surface area contributed by atoms with Crippen molar-refractivity contribution < 1.29 is 41.0 Å². The Morgan fingerprint density at radius 1 is 1.09 bits per heavy atom. The molecule has 1 aromatic heterocycles. The van der Waals surface area contributed by atoms with Crippen LogP contribution < -0.4 is 4.74 Å². The molecule has 0 aliphatic heterocycles. The third-order valence-electron chi connectivity index (χ3n) is 2.52. The molecule has 118 valence electrons. The topological polar surface area (TPSA) is 59.4 Å². The number of alkyl halides is 6. The standard InChI is InChI=1S/C12H5F6NO3/c13-11(14,15)9-7(10(20)21)4-5-3-6(22-12(16,17)18)1-2-8(5)19-9/h1-4H,(H,20,21). The first-order valence-electron chi connectivity index (χ1n) is 5.48. The minimum atomic E-state index is -5.01. The predicted molar refractivity (Wildman–Crippen MR) is 60.4 cm³/mol. The van der Waals surface area contributed by atoms with E-state index in [1.165, 1.54) is 0 Å². The van der Waals surface area contributed by atoms with E-state index in [0.717, 1.165) is 18.2 Å². The molecule has 10 heteroatoms. The molecule has 0 saturated carbocycles. The molecule has 0 fully saturated rings. The molecule has 2 rings (SSSR count). The summed E-state index contributed by atoms with van der Waals surface area (Å²) in [6, 6.07) is 3.00. The predicted octanol–water partition coefficient (Wildman–Crippen LogP) is 3.85. The van der Waals surface area contributed by atoms with Gasteiger partial charge in [0, 0.05) is 5.39 Å². The fraction of sp³-hybridized carbons (Fsp3) is 0.167. The summed E-state index contributed by atoms with van der Waals surface area (Å²) >= 11 is 0. The number of aromatic carboxylic acids is 1. The lowest BCUT2D eigenvalue weighted by molar-refractivity contribution is -0.274. The second kappa shape index (κ2) is 5.04. The van der Waals surface area contributed by atoms with Gasteiger partial charge in [-0.05, 0) is 24.3 Å². The molecule has 0 aliphatic rings. The van der Waals surface area contributed by atoms with Crippen LogP contribution in [0.25, 0.3) is 10.9 Å². The molecular formula is C12H5F6NO3. The van der Waals surface area contributed by atoms with Crippen LogP contribution in [0.1, 0.15) is 16.1 Å². The molecule has 0 atom stereocenters. The van der Waals surface area contributed by atoms with Crippen molar-refractivity contribution in [3.63, 3.8) is 0 Å². The summed E-state index contributed by atoms with van der Waals surface area (Å²) < 4.78 is 78.1. The number of aromatic nitrogens is 1. The van der Waals surface area contributed by atoms with E-state index in [4.69, 9.17) is 5.11 Å². The van der Waals surface area contributed by atoms with E-state index >= 15 is 0 Å². The SMILES string of the molecule is O=C(O)c1cc2cc(OC(F)(F)F)ccc2nc1C(F)(F)F. The summed E-state index contributed by atoms with van der Waals surface area (Å²) in [7, 11) is 0. The number of carbonyl (C=O) groups is 1. The summed E-state index contributed by atoms with van der Waals surface area (Å²) in [6.07, 6.45) is -9.99. The molecule has 0 unspecified atom stereocenters. The van der Waals surface area contributed by atoms with Crippen LogP contribution in [-0.2, 0) is 6.18 Å². The van der Waals surface area contributed by atoms with Gasteiger partial charge >= 0.3 is 18.5 Å². The molecule has 1 heterocycles.